The van der Waals surface area contributed by atoms with Gasteiger partial charge in [0.25, 0.3) is 5.91 Å². The number of rotatable bonds is 6. The quantitative estimate of drug-likeness (QED) is 0.787. The van der Waals surface area contributed by atoms with E-state index in [4.69, 9.17) is 16.6 Å². The average Bonchev–Trinajstić information content (AvgIpc) is 2.87. The van der Waals surface area contributed by atoms with Gasteiger partial charge in [-0.25, -0.2) is 0 Å². The molecule has 0 aliphatic heterocycles. The fraction of sp³-hybridized carbons (Fsp3) is 0.571. The second kappa shape index (κ2) is 8.01. The molecule has 0 aliphatic rings. The molecule has 6 heteroatoms. The minimum Gasteiger partial charge on any atom is -0.459 e. The summed E-state index contributed by atoms with van der Waals surface area (Å²) in [6.45, 7) is 10.2. The number of amides is 1. The molecule has 0 atom stereocenters. The van der Waals surface area contributed by atoms with Gasteiger partial charge in [0, 0.05) is 25.2 Å². The lowest BCUT2D eigenvalue weighted by atomic mass is 10.2. The van der Waals surface area contributed by atoms with Gasteiger partial charge in [0.2, 0.25) is 0 Å². The molecule has 20 heavy (non-hydrogen) atoms. The van der Waals surface area contributed by atoms with E-state index in [1.165, 1.54) is 6.26 Å². The van der Waals surface area contributed by atoms with Gasteiger partial charge >= 0.3 is 0 Å². The van der Waals surface area contributed by atoms with Crippen LogP contribution in [0.3, 0.4) is 0 Å². The maximum absolute atomic E-state index is 11.7. The predicted molar refractivity (Wildman–Crippen MR) is 83.8 cm³/mol. The molecule has 5 nitrogen and oxygen atoms in total. The third-order valence-electron chi connectivity index (χ3n) is 2.95. The molecule has 0 saturated carbocycles. The zero-order valence-corrected chi connectivity index (χ0v) is 13.3. The van der Waals surface area contributed by atoms with Crippen molar-refractivity contribution in [1.82, 2.24) is 15.5 Å². The first-order valence-electron chi connectivity index (χ1n) is 6.80. The molecule has 1 rings (SSSR count). The van der Waals surface area contributed by atoms with Crippen LogP contribution in [0.4, 0.5) is 0 Å². The Bertz CT molecular complexity index is 422. The number of hydrogen-bond donors (Lipinski definition) is 2. The fourth-order valence-corrected chi connectivity index (χ4v) is 2.22. The Morgan fingerprint density at radius 1 is 1.35 bits per heavy atom. The Hall–Kier alpha value is -1.40. The van der Waals surface area contributed by atoms with E-state index in [0.717, 1.165) is 6.54 Å². The highest BCUT2D eigenvalue weighted by Crippen LogP contribution is 2.03. The van der Waals surface area contributed by atoms with Crippen molar-refractivity contribution >= 4 is 23.2 Å². The lowest BCUT2D eigenvalue weighted by molar-refractivity contribution is 0.0949. The minimum absolute atomic E-state index is 0.250. The van der Waals surface area contributed by atoms with Crippen molar-refractivity contribution in [2.45, 2.75) is 39.8 Å². The van der Waals surface area contributed by atoms with Crippen LogP contribution in [0.15, 0.2) is 22.8 Å². The van der Waals surface area contributed by atoms with Crippen LogP contribution < -0.4 is 10.6 Å². The number of nitrogens with one attached hydrogen (secondary N) is 2. The standard InChI is InChI=1S/C14H23N3O2S/c1-10(2)17(11(3)4)8-7-15-14(20)16-13(18)12-6-5-9-19-12/h5-6,9-11H,7-8H2,1-4H3,(H2,15,16,18,20). The van der Waals surface area contributed by atoms with Gasteiger partial charge in [0.15, 0.2) is 10.9 Å². The molecule has 0 unspecified atom stereocenters. The van der Waals surface area contributed by atoms with E-state index in [0.29, 0.717) is 23.7 Å². The summed E-state index contributed by atoms with van der Waals surface area (Å²) in [6, 6.07) is 4.21. The molecule has 0 saturated heterocycles. The zero-order valence-electron chi connectivity index (χ0n) is 12.5. The van der Waals surface area contributed by atoms with E-state index in [1.54, 1.807) is 12.1 Å². The molecule has 1 heterocycles. The van der Waals surface area contributed by atoms with Crippen molar-refractivity contribution in [3.05, 3.63) is 24.2 Å². The highest BCUT2D eigenvalue weighted by Gasteiger charge is 2.13. The fourth-order valence-electron chi connectivity index (χ4n) is 2.03. The highest BCUT2D eigenvalue weighted by molar-refractivity contribution is 7.80. The second-order valence-corrected chi connectivity index (χ2v) is 5.52. The van der Waals surface area contributed by atoms with Crippen molar-refractivity contribution in [3.63, 3.8) is 0 Å². The highest BCUT2D eigenvalue weighted by atomic mass is 32.1. The lowest BCUT2D eigenvalue weighted by Gasteiger charge is -2.30. The summed E-state index contributed by atoms with van der Waals surface area (Å²) in [4.78, 5) is 14.0. The Labute approximate surface area is 125 Å². The molecular weight excluding hydrogens is 274 g/mol. The van der Waals surface area contributed by atoms with Gasteiger partial charge in [-0.2, -0.15) is 0 Å². The van der Waals surface area contributed by atoms with Crippen LogP contribution in [-0.4, -0.2) is 41.1 Å². The van der Waals surface area contributed by atoms with Crippen molar-refractivity contribution < 1.29 is 9.21 Å². The molecule has 0 fully saturated rings. The Morgan fingerprint density at radius 2 is 2.00 bits per heavy atom. The van der Waals surface area contributed by atoms with Crippen LogP contribution in [0.25, 0.3) is 0 Å². The number of nitrogens with zero attached hydrogens (tertiary/aromatic N) is 1. The minimum atomic E-state index is -0.336. The molecule has 1 amide bonds. The van der Waals surface area contributed by atoms with Crippen LogP contribution in [0.2, 0.25) is 0 Å². The van der Waals surface area contributed by atoms with E-state index in [-0.39, 0.29) is 11.7 Å². The maximum atomic E-state index is 11.7. The largest absolute Gasteiger partial charge is 0.459 e. The smallest absolute Gasteiger partial charge is 0.293 e. The summed E-state index contributed by atoms with van der Waals surface area (Å²) in [5.74, 6) is -0.0859. The number of furan rings is 1. The lowest BCUT2D eigenvalue weighted by Crippen LogP contribution is -2.45. The van der Waals surface area contributed by atoms with E-state index in [9.17, 15) is 4.79 Å². The molecule has 0 bridgehead atoms. The van der Waals surface area contributed by atoms with Crippen LogP contribution in [0.1, 0.15) is 38.2 Å². The van der Waals surface area contributed by atoms with Gasteiger partial charge in [0.05, 0.1) is 6.26 Å². The van der Waals surface area contributed by atoms with Crippen LogP contribution in [-0.2, 0) is 0 Å². The van der Waals surface area contributed by atoms with Gasteiger partial charge in [0.1, 0.15) is 0 Å². The summed E-state index contributed by atoms with van der Waals surface area (Å²) in [5, 5.41) is 5.93. The van der Waals surface area contributed by atoms with Crippen LogP contribution >= 0.6 is 12.2 Å². The molecule has 0 aromatic carbocycles. The second-order valence-electron chi connectivity index (χ2n) is 5.11. The van der Waals surface area contributed by atoms with E-state index in [2.05, 4.69) is 43.2 Å². The number of thiocarbonyl (C=S) groups is 1. The topological polar surface area (TPSA) is 57.5 Å². The molecule has 0 spiro atoms. The SMILES string of the molecule is CC(C)N(CCNC(=S)NC(=O)c1ccco1)C(C)C. The van der Waals surface area contributed by atoms with Crippen molar-refractivity contribution in [1.29, 1.82) is 0 Å². The van der Waals surface area contributed by atoms with Crippen molar-refractivity contribution in [3.8, 4) is 0 Å². The first-order chi connectivity index (χ1) is 9.41. The predicted octanol–water partition coefficient (Wildman–Crippen LogP) is 2.00. The number of carbonyl (C=O) groups excluding carboxylic acids is 1. The van der Waals surface area contributed by atoms with Crippen LogP contribution in [0.5, 0.6) is 0 Å². The molecule has 0 radical (unpaired) electrons. The molecule has 0 aliphatic carbocycles. The Morgan fingerprint density at radius 3 is 2.50 bits per heavy atom. The summed E-state index contributed by atoms with van der Waals surface area (Å²) in [7, 11) is 0. The van der Waals surface area contributed by atoms with Crippen molar-refractivity contribution in [2.24, 2.45) is 0 Å². The van der Waals surface area contributed by atoms with Crippen molar-refractivity contribution in [2.75, 3.05) is 13.1 Å². The molecule has 1 aromatic heterocycles. The van der Waals surface area contributed by atoms with Gasteiger partial charge in [-0.15, -0.1) is 0 Å². The summed E-state index contributed by atoms with van der Waals surface area (Å²) in [6.07, 6.45) is 1.45. The van der Waals surface area contributed by atoms with E-state index in [1.807, 2.05) is 0 Å². The van der Waals surface area contributed by atoms with E-state index >= 15 is 0 Å². The number of hydrogen-bond acceptors (Lipinski definition) is 4. The van der Waals surface area contributed by atoms with Gasteiger partial charge in [-0.1, -0.05) is 0 Å². The Balaban J connectivity index is 2.31. The number of carbonyl (C=O) groups is 1. The zero-order chi connectivity index (χ0) is 15.1. The molecular formula is C14H23N3O2S. The molecule has 112 valence electrons. The maximum Gasteiger partial charge on any atom is 0.293 e. The first kappa shape index (κ1) is 16.7. The summed E-state index contributed by atoms with van der Waals surface area (Å²) < 4.78 is 4.99. The summed E-state index contributed by atoms with van der Waals surface area (Å²) >= 11 is 5.08. The third-order valence-corrected chi connectivity index (χ3v) is 3.20. The first-order valence-corrected chi connectivity index (χ1v) is 7.21. The average molecular weight is 297 g/mol. The van der Waals surface area contributed by atoms with Crippen LogP contribution in [0, 0.1) is 0 Å². The molecule has 1 aromatic rings. The third kappa shape index (κ3) is 5.30. The van der Waals surface area contributed by atoms with Gasteiger partial charge in [-0.3, -0.25) is 15.0 Å². The Kier molecular flexibility index (Phi) is 6.67. The summed E-state index contributed by atoms with van der Waals surface area (Å²) in [5.41, 5.74) is 0. The van der Waals surface area contributed by atoms with Gasteiger partial charge < -0.3 is 9.73 Å². The monoisotopic (exact) mass is 297 g/mol. The normalized spacial score (nSPS) is 11.2. The van der Waals surface area contributed by atoms with E-state index < -0.39 is 0 Å². The molecule has 2 N–H and O–H groups in total. The van der Waals surface area contributed by atoms with Gasteiger partial charge in [-0.05, 0) is 52.0 Å².